The predicted octanol–water partition coefficient (Wildman–Crippen LogP) is 5.10. The number of carboxylic acids is 1. The summed E-state index contributed by atoms with van der Waals surface area (Å²) in [5, 5.41) is 11.1. The molecule has 0 spiro atoms. The molecular formula is C30H44O6. The number of carbonyl (C=O) groups excluding carboxylic acids is 1. The smallest absolute Gasteiger partial charge is 0.315 e. The van der Waals surface area contributed by atoms with Gasteiger partial charge in [-0.1, -0.05) is 52.7 Å². The topological polar surface area (TPSA) is 82.1 Å². The van der Waals surface area contributed by atoms with E-state index in [1.807, 2.05) is 0 Å². The highest BCUT2D eigenvalue weighted by Crippen LogP contribution is 2.82. The van der Waals surface area contributed by atoms with Crippen molar-refractivity contribution in [2.75, 3.05) is 13.2 Å². The molecule has 6 rings (SSSR count). The van der Waals surface area contributed by atoms with Crippen molar-refractivity contribution in [2.24, 2.45) is 57.2 Å². The first-order valence-corrected chi connectivity index (χ1v) is 14.3. The monoisotopic (exact) mass is 500 g/mol. The van der Waals surface area contributed by atoms with Gasteiger partial charge in [0.25, 0.3) is 0 Å². The minimum atomic E-state index is -1.19. The average molecular weight is 501 g/mol. The van der Waals surface area contributed by atoms with Crippen LogP contribution in [0.15, 0.2) is 11.6 Å². The molecule has 1 N–H and O–H groups in total. The summed E-state index contributed by atoms with van der Waals surface area (Å²) in [6.45, 7) is 14.1. The second-order valence-corrected chi connectivity index (χ2v) is 14.2. The lowest BCUT2D eigenvalue weighted by molar-refractivity contribution is -0.252. The van der Waals surface area contributed by atoms with Crippen LogP contribution >= 0.6 is 0 Å². The number of hydrogen-bond acceptors (Lipinski definition) is 5. The zero-order valence-corrected chi connectivity index (χ0v) is 22.8. The minimum absolute atomic E-state index is 0.0500. The zero-order chi connectivity index (χ0) is 25.8. The Hall–Kier alpha value is -1.24. The third-order valence-electron chi connectivity index (χ3n) is 12.0. The van der Waals surface area contributed by atoms with Crippen molar-refractivity contribution in [1.29, 1.82) is 0 Å². The van der Waals surface area contributed by atoms with E-state index in [9.17, 15) is 14.7 Å². The lowest BCUT2D eigenvalue weighted by Gasteiger charge is -2.58. The zero-order valence-electron chi connectivity index (χ0n) is 22.8. The molecule has 0 radical (unpaired) electrons. The number of ether oxygens (including phenoxy) is 3. The van der Waals surface area contributed by atoms with Crippen molar-refractivity contribution in [3.8, 4) is 0 Å². The standard InChI is InChI=1S/C30H44O6/c1-16(2)22-9-19-11-28(13-31)21-8-7-17(3)20(21)12-29(19,30(22,28)26(32)33)15-34-24-10-23-25(18(4)36-24)35-14-27(23,5)6/h9,13,16-21,23-25H,7-8,10-12,14-15H2,1-6H3,(H,32,33)/t17-,18-,19+,20-,21-,23+,24?,25-,28+,29+,30+/m1/s1. The van der Waals surface area contributed by atoms with Crippen molar-refractivity contribution in [3.05, 3.63) is 11.6 Å². The van der Waals surface area contributed by atoms with Gasteiger partial charge in [0, 0.05) is 11.8 Å². The number of carboxylic acid groups (broad SMARTS) is 1. The first-order valence-electron chi connectivity index (χ1n) is 14.3. The molecule has 2 saturated heterocycles. The fourth-order valence-electron chi connectivity index (χ4n) is 10.5. The molecule has 1 unspecified atom stereocenters. The molecule has 2 aliphatic heterocycles. The maximum Gasteiger partial charge on any atom is 0.315 e. The minimum Gasteiger partial charge on any atom is -0.481 e. The van der Waals surface area contributed by atoms with E-state index in [0.29, 0.717) is 30.8 Å². The molecule has 0 aromatic rings. The summed E-state index contributed by atoms with van der Waals surface area (Å²) >= 11 is 0. The van der Waals surface area contributed by atoms with Crippen LogP contribution in [-0.2, 0) is 23.8 Å². The van der Waals surface area contributed by atoms with Crippen molar-refractivity contribution in [2.45, 2.75) is 92.1 Å². The van der Waals surface area contributed by atoms with Gasteiger partial charge in [-0.2, -0.15) is 0 Å². The van der Waals surface area contributed by atoms with Crippen molar-refractivity contribution in [1.82, 2.24) is 0 Å². The van der Waals surface area contributed by atoms with E-state index in [-0.39, 0.29) is 41.7 Å². The molecule has 200 valence electrons. The van der Waals surface area contributed by atoms with Crippen LogP contribution < -0.4 is 0 Å². The largest absolute Gasteiger partial charge is 0.481 e. The number of fused-ring (bicyclic) bond motifs is 3. The highest BCUT2D eigenvalue weighted by Gasteiger charge is 2.84. The van der Waals surface area contributed by atoms with Gasteiger partial charge in [0.05, 0.1) is 30.8 Å². The quantitative estimate of drug-likeness (QED) is 0.403. The number of carbonyl (C=O) groups is 2. The van der Waals surface area contributed by atoms with Gasteiger partial charge >= 0.3 is 5.97 Å². The molecular weight excluding hydrogens is 456 g/mol. The van der Waals surface area contributed by atoms with E-state index in [0.717, 1.165) is 44.1 Å². The van der Waals surface area contributed by atoms with Crippen molar-refractivity contribution in [3.63, 3.8) is 0 Å². The summed E-state index contributed by atoms with van der Waals surface area (Å²) in [5.41, 5.74) is -1.62. The van der Waals surface area contributed by atoms with Crippen LogP contribution in [0.1, 0.15) is 73.6 Å². The Kier molecular flexibility index (Phi) is 5.49. The van der Waals surface area contributed by atoms with E-state index >= 15 is 0 Å². The number of aliphatic carboxylic acids is 1. The Morgan fingerprint density at radius 3 is 2.64 bits per heavy atom. The van der Waals surface area contributed by atoms with Gasteiger partial charge in [-0.3, -0.25) is 4.79 Å². The molecule has 4 aliphatic carbocycles. The summed E-state index contributed by atoms with van der Waals surface area (Å²) in [6.07, 6.45) is 7.21. The Labute approximate surface area is 215 Å². The van der Waals surface area contributed by atoms with Crippen LogP contribution in [0.5, 0.6) is 0 Å². The van der Waals surface area contributed by atoms with Crippen LogP contribution in [0.4, 0.5) is 0 Å². The Morgan fingerprint density at radius 1 is 1.22 bits per heavy atom. The van der Waals surface area contributed by atoms with Crippen LogP contribution in [0.2, 0.25) is 0 Å². The van der Waals surface area contributed by atoms with Crippen LogP contribution in [0.3, 0.4) is 0 Å². The highest BCUT2D eigenvalue weighted by molar-refractivity contribution is 5.90. The third kappa shape index (κ3) is 2.79. The molecule has 0 aromatic carbocycles. The SMILES string of the molecule is CC(C)C1=C[C@H]2C[C@]3(C=O)[C@@H]4CC[C@@H](C)[C@H]4C[C@@]2(COC2C[C@H]4[C@H](OCC4(C)C)[C@@H](C)O2)[C@]13C(=O)O. The first kappa shape index (κ1) is 25.1. The van der Waals surface area contributed by atoms with Crippen LogP contribution in [0, 0.1) is 57.2 Å². The number of allylic oxidation sites excluding steroid dienone is 1. The molecule has 3 saturated carbocycles. The van der Waals surface area contributed by atoms with Crippen molar-refractivity contribution < 1.29 is 28.9 Å². The van der Waals surface area contributed by atoms with E-state index < -0.39 is 22.2 Å². The van der Waals surface area contributed by atoms with E-state index in [1.54, 1.807) is 0 Å². The third-order valence-corrected chi connectivity index (χ3v) is 12.0. The molecule has 6 heteroatoms. The average Bonchev–Trinajstić information content (AvgIpc) is 3.48. The molecule has 0 aromatic heterocycles. The molecule has 11 atom stereocenters. The fourth-order valence-corrected chi connectivity index (χ4v) is 10.5. The van der Waals surface area contributed by atoms with Gasteiger partial charge in [0.2, 0.25) is 0 Å². The van der Waals surface area contributed by atoms with Gasteiger partial charge in [0.15, 0.2) is 6.29 Å². The normalized spacial score (nSPS) is 52.2. The summed E-state index contributed by atoms with van der Waals surface area (Å²) in [7, 11) is 0. The van der Waals surface area contributed by atoms with Crippen molar-refractivity contribution >= 4 is 12.3 Å². The van der Waals surface area contributed by atoms with Crippen LogP contribution in [-0.4, -0.2) is 49.1 Å². The Morgan fingerprint density at radius 2 is 1.97 bits per heavy atom. The summed E-state index contributed by atoms with van der Waals surface area (Å²) in [6, 6.07) is 0. The van der Waals surface area contributed by atoms with E-state index in [2.05, 4.69) is 47.6 Å². The van der Waals surface area contributed by atoms with Crippen LogP contribution in [0.25, 0.3) is 0 Å². The Balaban J connectivity index is 1.39. The van der Waals surface area contributed by atoms with E-state index in [1.165, 1.54) is 0 Å². The van der Waals surface area contributed by atoms with Gasteiger partial charge in [-0.15, -0.1) is 0 Å². The number of aldehydes is 1. The van der Waals surface area contributed by atoms with Gasteiger partial charge in [-0.25, -0.2) is 0 Å². The summed E-state index contributed by atoms with van der Waals surface area (Å²) in [5.74, 6) is 0.667. The molecule has 0 amide bonds. The highest BCUT2D eigenvalue weighted by atomic mass is 16.7. The lowest BCUT2D eigenvalue weighted by Crippen LogP contribution is -2.63. The Bertz CT molecular complexity index is 986. The first-order chi connectivity index (χ1) is 16.9. The number of hydrogen-bond donors (Lipinski definition) is 1. The molecule has 5 fully saturated rings. The second kappa shape index (κ2) is 7.89. The summed E-state index contributed by atoms with van der Waals surface area (Å²) < 4.78 is 19.1. The maximum absolute atomic E-state index is 13.6. The summed E-state index contributed by atoms with van der Waals surface area (Å²) in [4.78, 5) is 26.8. The van der Waals surface area contributed by atoms with Gasteiger partial charge < -0.3 is 24.1 Å². The maximum atomic E-state index is 13.6. The lowest BCUT2D eigenvalue weighted by atomic mass is 9.43. The molecule has 2 heterocycles. The molecule has 36 heavy (non-hydrogen) atoms. The number of rotatable bonds is 6. The van der Waals surface area contributed by atoms with E-state index in [4.69, 9.17) is 14.2 Å². The molecule has 6 nitrogen and oxygen atoms in total. The second-order valence-electron chi connectivity index (χ2n) is 14.2. The molecule has 4 bridgehead atoms. The fraction of sp³-hybridized carbons (Fsp3) is 0.867. The molecule has 6 aliphatic rings. The van der Waals surface area contributed by atoms with Gasteiger partial charge in [0.1, 0.15) is 11.7 Å². The predicted molar refractivity (Wildman–Crippen MR) is 134 cm³/mol. The van der Waals surface area contributed by atoms with Gasteiger partial charge in [-0.05, 0) is 67.1 Å².